The Balaban J connectivity index is 2.31. The first-order valence-electron chi connectivity index (χ1n) is 6.27. The molecule has 0 aromatic heterocycles. The third-order valence-electron chi connectivity index (χ3n) is 2.63. The molecule has 0 heterocycles. The van der Waals surface area contributed by atoms with Crippen LogP contribution in [0.3, 0.4) is 0 Å². The van der Waals surface area contributed by atoms with Crippen molar-refractivity contribution in [1.82, 2.24) is 4.90 Å². The van der Waals surface area contributed by atoms with Crippen molar-refractivity contribution in [2.45, 2.75) is 6.61 Å². The minimum absolute atomic E-state index is 0.0125. The van der Waals surface area contributed by atoms with Gasteiger partial charge in [-0.2, -0.15) is 0 Å². The number of aliphatic hydroxyl groups excluding tert-OH is 1. The number of nitrogens with zero attached hydrogens (tertiary/aromatic N) is 1. The zero-order valence-corrected chi connectivity index (χ0v) is 11.2. The normalized spacial score (nSPS) is 10.4. The average Bonchev–Trinajstić information content (AvgIpc) is 2.44. The van der Waals surface area contributed by atoms with E-state index in [2.05, 4.69) is 0 Å². The largest absolute Gasteiger partial charge is 0.395 e. The van der Waals surface area contributed by atoms with Gasteiger partial charge in [-0.05, 0) is 5.56 Å². The Kier molecular flexibility index (Phi) is 7.81. The Morgan fingerprint density at radius 3 is 2.63 bits per heavy atom. The van der Waals surface area contributed by atoms with Crippen LogP contribution >= 0.6 is 0 Å². The van der Waals surface area contributed by atoms with Crippen LogP contribution in [0.15, 0.2) is 30.3 Å². The molecule has 1 N–H and O–H groups in total. The number of rotatable bonds is 9. The molecule has 0 atom stereocenters. The number of carbonyl (C=O) groups is 1. The summed E-state index contributed by atoms with van der Waals surface area (Å²) >= 11 is 0. The van der Waals surface area contributed by atoms with Crippen LogP contribution in [-0.4, -0.2) is 55.9 Å². The van der Waals surface area contributed by atoms with E-state index in [0.29, 0.717) is 26.3 Å². The molecule has 106 valence electrons. The van der Waals surface area contributed by atoms with Crippen molar-refractivity contribution in [3.8, 4) is 0 Å². The van der Waals surface area contributed by atoms with E-state index in [9.17, 15) is 4.79 Å². The van der Waals surface area contributed by atoms with E-state index >= 15 is 0 Å². The van der Waals surface area contributed by atoms with Gasteiger partial charge in [-0.3, -0.25) is 4.79 Å². The monoisotopic (exact) mass is 267 g/mol. The van der Waals surface area contributed by atoms with Gasteiger partial charge in [0.25, 0.3) is 0 Å². The quantitative estimate of drug-likeness (QED) is 0.714. The standard InChI is InChI=1S/C14H21NO4/c1-18-10-8-15(7-9-16)14(17)12-19-11-13-5-3-2-4-6-13/h2-6,16H,7-12H2,1H3. The Hall–Kier alpha value is -1.43. The summed E-state index contributed by atoms with van der Waals surface area (Å²) in [5.74, 6) is -0.137. The Labute approximate surface area is 113 Å². The van der Waals surface area contributed by atoms with E-state index in [1.54, 1.807) is 7.11 Å². The van der Waals surface area contributed by atoms with Crippen LogP contribution in [0, 0.1) is 0 Å². The van der Waals surface area contributed by atoms with Gasteiger partial charge in [0.15, 0.2) is 0 Å². The first-order chi connectivity index (χ1) is 9.27. The summed E-state index contributed by atoms with van der Waals surface area (Å²) < 4.78 is 10.3. The predicted molar refractivity (Wildman–Crippen MR) is 71.6 cm³/mol. The first-order valence-corrected chi connectivity index (χ1v) is 6.27. The number of carbonyl (C=O) groups excluding carboxylic acids is 1. The second-order valence-corrected chi connectivity index (χ2v) is 4.08. The highest BCUT2D eigenvalue weighted by atomic mass is 16.5. The fourth-order valence-corrected chi connectivity index (χ4v) is 1.61. The summed E-state index contributed by atoms with van der Waals surface area (Å²) in [6.07, 6.45) is 0. The zero-order valence-electron chi connectivity index (χ0n) is 11.2. The Bertz CT molecular complexity index is 356. The van der Waals surface area contributed by atoms with E-state index in [1.165, 1.54) is 4.90 Å². The summed E-state index contributed by atoms with van der Waals surface area (Å²) in [6, 6.07) is 9.68. The van der Waals surface area contributed by atoms with Gasteiger partial charge < -0.3 is 19.5 Å². The van der Waals surface area contributed by atoms with E-state index < -0.39 is 0 Å². The minimum atomic E-state index is -0.137. The SMILES string of the molecule is COCCN(CCO)C(=O)COCc1ccccc1. The van der Waals surface area contributed by atoms with Crippen LogP contribution < -0.4 is 0 Å². The fraction of sp³-hybridized carbons (Fsp3) is 0.500. The number of methoxy groups -OCH3 is 1. The van der Waals surface area contributed by atoms with Crippen molar-refractivity contribution < 1.29 is 19.4 Å². The molecule has 1 aromatic carbocycles. The molecule has 5 heteroatoms. The van der Waals surface area contributed by atoms with Crippen LogP contribution in [0.1, 0.15) is 5.56 Å². The van der Waals surface area contributed by atoms with Crippen molar-refractivity contribution in [3.05, 3.63) is 35.9 Å². The summed E-state index contributed by atoms with van der Waals surface area (Å²) in [7, 11) is 1.58. The second-order valence-electron chi connectivity index (χ2n) is 4.08. The molecule has 0 bridgehead atoms. The molecule has 0 aliphatic heterocycles. The average molecular weight is 267 g/mol. The molecule has 19 heavy (non-hydrogen) atoms. The van der Waals surface area contributed by atoms with Gasteiger partial charge >= 0.3 is 0 Å². The number of ether oxygens (including phenoxy) is 2. The van der Waals surface area contributed by atoms with Crippen molar-refractivity contribution in [2.24, 2.45) is 0 Å². The van der Waals surface area contributed by atoms with E-state index in [1.807, 2.05) is 30.3 Å². The molecule has 0 aliphatic rings. The minimum Gasteiger partial charge on any atom is -0.395 e. The number of aliphatic hydroxyl groups is 1. The number of amides is 1. The van der Waals surface area contributed by atoms with Crippen molar-refractivity contribution in [1.29, 1.82) is 0 Å². The molecule has 1 aromatic rings. The van der Waals surface area contributed by atoms with Crippen LogP contribution in [-0.2, 0) is 20.9 Å². The second kappa shape index (κ2) is 9.49. The fourth-order valence-electron chi connectivity index (χ4n) is 1.61. The van der Waals surface area contributed by atoms with Gasteiger partial charge in [0, 0.05) is 20.2 Å². The summed E-state index contributed by atoms with van der Waals surface area (Å²) in [6.45, 7) is 1.57. The van der Waals surface area contributed by atoms with Crippen LogP contribution in [0.4, 0.5) is 0 Å². The highest BCUT2D eigenvalue weighted by molar-refractivity contribution is 5.77. The molecule has 0 spiro atoms. The Morgan fingerprint density at radius 1 is 1.26 bits per heavy atom. The first kappa shape index (κ1) is 15.6. The molecule has 1 amide bonds. The maximum absolute atomic E-state index is 11.9. The molecule has 1 rings (SSSR count). The number of hydrogen-bond donors (Lipinski definition) is 1. The smallest absolute Gasteiger partial charge is 0.248 e. The van der Waals surface area contributed by atoms with Gasteiger partial charge in [0.2, 0.25) is 5.91 Å². The topological polar surface area (TPSA) is 59.0 Å². The third-order valence-corrected chi connectivity index (χ3v) is 2.63. The predicted octanol–water partition coefficient (Wildman–Crippen LogP) is 0.671. The molecule has 0 aliphatic carbocycles. The van der Waals surface area contributed by atoms with E-state index in [0.717, 1.165) is 5.56 Å². The van der Waals surface area contributed by atoms with Gasteiger partial charge in [-0.25, -0.2) is 0 Å². The zero-order chi connectivity index (χ0) is 13.9. The maximum atomic E-state index is 11.9. The lowest BCUT2D eigenvalue weighted by Gasteiger charge is -2.21. The lowest BCUT2D eigenvalue weighted by Crippen LogP contribution is -2.38. The van der Waals surface area contributed by atoms with E-state index in [4.69, 9.17) is 14.6 Å². The number of benzene rings is 1. The van der Waals surface area contributed by atoms with Crippen molar-refractivity contribution in [2.75, 3.05) is 40.0 Å². The van der Waals surface area contributed by atoms with Crippen LogP contribution in [0.5, 0.6) is 0 Å². The summed E-state index contributed by atoms with van der Waals surface area (Å²) in [5, 5.41) is 8.91. The highest BCUT2D eigenvalue weighted by Crippen LogP contribution is 2.01. The molecule has 0 radical (unpaired) electrons. The molecular formula is C14H21NO4. The molecule has 0 saturated carbocycles. The Morgan fingerprint density at radius 2 is 2.00 bits per heavy atom. The lowest BCUT2D eigenvalue weighted by molar-refractivity contribution is -0.137. The molecule has 0 unspecified atom stereocenters. The molecular weight excluding hydrogens is 246 g/mol. The van der Waals surface area contributed by atoms with Gasteiger partial charge in [0.05, 0.1) is 19.8 Å². The van der Waals surface area contributed by atoms with Crippen LogP contribution in [0.2, 0.25) is 0 Å². The van der Waals surface area contributed by atoms with Gasteiger partial charge in [0.1, 0.15) is 6.61 Å². The van der Waals surface area contributed by atoms with E-state index in [-0.39, 0.29) is 19.1 Å². The highest BCUT2D eigenvalue weighted by Gasteiger charge is 2.12. The third kappa shape index (κ3) is 6.33. The number of hydrogen-bond acceptors (Lipinski definition) is 4. The van der Waals surface area contributed by atoms with Gasteiger partial charge in [-0.1, -0.05) is 30.3 Å². The molecule has 0 fully saturated rings. The molecule has 0 saturated heterocycles. The summed E-state index contributed by atoms with van der Waals surface area (Å²) in [5.41, 5.74) is 1.03. The lowest BCUT2D eigenvalue weighted by atomic mass is 10.2. The molecule has 5 nitrogen and oxygen atoms in total. The van der Waals surface area contributed by atoms with Crippen molar-refractivity contribution in [3.63, 3.8) is 0 Å². The summed E-state index contributed by atoms with van der Waals surface area (Å²) in [4.78, 5) is 13.4. The van der Waals surface area contributed by atoms with Crippen LogP contribution in [0.25, 0.3) is 0 Å². The van der Waals surface area contributed by atoms with Crippen molar-refractivity contribution >= 4 is 5.91 Å². The maximum Gasteiger partial charge on any atom is 0.248 e. The van der Waals surface area contributed by atoms with Gasteiger partial charge in [-0.15, -0.1) is 0 Å².